The quantitative estimate of drug-likeness (QED) is 0.181. The zero-order valence-corrected chi connectivity index (χ0v) is 43.9. The van der Waals surface area contributed by atoms with Crippen molar-refractivity contribution in [2.75, 3.05) is 0 Å². The molecule has 0 amide bonds. The summed E-state index contributed by atoms with van der Waals surface area (Å²) in [4.78, 5) is 52.6. The number of carboxylic acids is 2. The predicted octanol–water partition coefficient (Wildman–Crippen LogP) is 16.1. The lowest BCUT2D eigenvalue weighted by Crippen LogP contribution is -2.16. The summed E-state index contributed by atoms with van der Waals surface area (Å²) in [6, 6.07) is 0. The van der Waals surface area contributed by atoms with Gasteiger partial charge in [0.2, 0.25) is 0 Å². The lowest BCUT2D eigenvalue weighted by molar-refractivity contribution is 0.0677. The minimum atomic E-state index is -0.905. The topological polar surface area (TPSA) is 91.7 Å². The van der Waals surface area contributed by atoms with Gasteiger partial charge in [0.15, 0.2) is 5.78 Å². The molecule has 3 aromatic carbocycles. The summed E-state index contributed by atoms with van der Waals surface area (Å²) in [5.41, 5.74) is 5.03. The van der Waals surface area contributed by atoms with Gasteiger partial charge in [-0.05, 0) is 107 Å². The number of hydrogen-bond donors (Lipinski definition) is 2. The number of benzene rings is 3. The van der Waals surface area contributed by atoms with Gasteiger partial charge < -0.3 is 10.2 Å². The van der Waals surface area contributed by atoms with Crippen molar-refractivity contribution in [2.24, 2.45) is 0 Å². The van der Waals surface area contributed by atoms with Crippen LogP contribution in [0.2, 0.25) is 0 Å². The standard InChI is InChI=1S/C41H42O5S12/c1-14(42)15-22-24(49-36(2,3)47-22)17(25-23(15)48-37(4,5)50-25)16(18-26-30(55-38(6,7)51-26)20(34(43)44)31-27(18)52-39(8,9)56-31)19-28-32(57-40(10,11)53-28)21(35(45)46)33-29(19)54-41(12,13)58-33/h16H,1-13H3,(H,43,44)(H,45,46). The van der Waals surface area contributed by atoms with Crippen LogP contribution in [0.5, 0.6) is 0 Å². The Morgan fingerprint density at radius 1 is 0.345 bits per heavy atom. The first-order valence-corrected chi connectivity index (χ1v) is 28.4. The van der Waals surface area contributed by atoms with Crippen LogP contribution >= 0.6 is 141 Å². The van der Waals surface area contributed by atoms with Crippen molar-refractivity contribution in [3.05, 3.63) is 33.4 Å². The van der Waals surface area contributed by atoms with Crippen molar-refractivity contribution in [2.45, 2.75) is 179 Å². The largest absolute Gasteiger partial charge is 0.478 e. The zero-order chi connectivity index (χ0) is 42.2. The number of thioether (sulfide) groups is 12. The first-order chi connectivity index (χ1) is 26.6. The average Bonchev–Trinajstić information content (AvgIpc) is 3.84. The minimum Gasteiger partial charge on any atom is -0.478 e. The van der Waals surface area contributed by atoms with E-state index in [4.69, 9.17) is 0 Å². The molecule has 17 heteroatoms. The number of rotatable bonds is 6. The second-order valence-corrected chi connectivity index (χ2v) is 38.7. The molecule has 2 N–H and O–H groups in total. The van der Waals surface area contributed by atoms with E-state index < -0.39 is 17.9 Å². The smallest absolute Gasteiger partial charge is 0.338 e. The molecule has 5 nitrogen and oxygen atoms in total. The summed E-state index contributed by atoms with van der Waals surface area (Å²) in [6.45, 7) is 28.1. The van der Waals surface area contributed by atoms with E-state index in [1.54, 1.807) is 125 Å². The maximum absolute atomic E-state index is 13.9. The Balaban J connectivity index is 1.53. The average molecular weight is 1000 g/mol. The molecule has 58 heavy (non-hydrogen) atoms. The normalized spacial score (nSPS) is 22.7. The van der Waals surface area contributed by atoms with Gasteiger partial charge in [-0.2, -0.15) is 0 Å². The third kappa shape index (κ3) is 7.10. The second kappa shape index (κ2) is 14.0. The molecule has 0 spiro atoms. The molecule has 0 atom stereocenters. The number of carboxylic acid groups (broad SMARTS) is 2. The Morgan fingerprint density at radius 2 is 0.517 bits per heavy atom. The summed E-state index contributed by atoms with van der Waals surface area (Å²) in [5.74, 6) is -2.14. The summed E-state index contributed by atoms with van der Waals surface area (Å²) >= 11 is 20.9. The first-order valence-electron chi connectivity index (χ1n) is 18.6. The number of fused-ring (bicyclic) bond motifs is 6. The van der Waals surface area contributed by atoms with E-state index in [1.165, 1.54) is 5.56 Å². The third-order valence-electron chi connectivity index (χ3n) is 9.89. The van der Waals surface area contributed by atoms with Crippen LogP contribution in [0, 0.1) is 0 Å². The molecule has 0 aromatic heterocycles. The van der Waals surface area contributed by atoms with Crippen molar-refractivity contribution in [1.29, 1.82) is 0 Å². The molecule has 308 valence electrons. The fourth-order valence-corrected chi connectivity index (χ4v) is 26.2. The van der Waals surface area contributed by atoms with Gasteiger partial charge in [-0.25, -0.2) is 9.59 Å². The molecule has 0 saturated heterocycles. The number of carbonyl (C=O) groups is 3. The number of aromatic carboxylic acids is 2. The Bertz CT molecular complexity index is 2080. The van der Waals surface area contributed by atoms with Gasteiger partial charge in [-0.15, -0.1) is 141 Å². The van der Waals surface area contributed by atoms with Crippen LogP contribution in [0.4, 0.5) is 0 Å². The van der Waals surface area contributed by atoms with Gasteiger partial charge in [0, 0.05) is 70.2 Å². The minimum absolute atomic E-state index is 0.0669. The molecule has 0 unspecified atom stereocenters. The molecule has 0 radical (unpaired) electrons. The molecule has 6 heterocycles. The summed E-state index contributed by atoms with van der Waals surface area (Å²) in [6.07, 6.45) is 0. The van der Waals surface area contributed by atoms with Crippen LogP contribution in [-0.4, -0.2) is 52.4 Å². The van der Waals surface area contributed by atoms with Gasteiger partial charge >= 0.3 is 11.9 Å². The first kappa shape index (κ1) is 43.7. The molecule has 0 aliphatic carbocycles. The zero-order valence-electron chi connectivity index (χ0n) is 34.1. The van der Waals surface area contributed by atoms with Gasteiger partial charge in [0.05, 0.1) is 35.6 Å². The van der Waals surface area contributed by atoms with Crippen LogP contribution in [0.25, 0.3) is 0 Å². The van der Waals surface area contributed by atoms with E-state index in [9.17, 15) is 24.6 Å². The van der Waals surface area contributed by atoms with Crippen LogP contribution in [-0.2, 0) is 0 Å². The van der Waals surface area contributed by atoms with Crippen molar-refractivity contribution in [1.82, 2.24) is 0 Å². The number of Topliss-reactive ketones (excluding diaryl/α,β-unsaturated/α-hetero) is 1. The number of carbonyl (C=O) groups excluding carboxylic acids is 1. The van der Waals surface area contributed by atoms with Gasteiger partial charge in [-0.1, -0.05) is 0 Å². The van der Waals surface area contributed by atoms with E-state index in [-0.39, 0.29) is 30.3 Å². The lowest BCUT2D eigenvalue weighted by Gasteiger charge is -2.32. The van der Waals surface area contributed by atoms with Gasteiger partial charge in [0.1, 0.15) is 0 Å². The second-order valence-electron chi connectivity index (χ2n) is 17.5. The predicted molar refractivity (Wildman–Crippen MR) is 259 cm³/mol. The van der Waals surface area contributed by atoms with Gasteiger partial charge in [-0.3, -0.25) is 4.79 Å². The molecule has 6 aliphatic heterocycles. The highest BCUT2D eigenvalue weighted by atomic mass is 32.2. The van der Waals surface area contributed by atoms with Crippen molar-refractivity contribution < 1.29 is 24.6 Å². The van der Waals surface area contributed by atoms with E-state index in [2.05, 4.69) is 83.1 Å². The van der Waals surface area contributed by atoms with E-state index in [0.29, 0.717) is 11.1 Å². The highest BCUT2D eigenvalue weighted by Gasteiger charge is 2.53. The van der Waals surface area contributed by atoms with Crippen LogP contribution < -0.4 is 0 Å². The lowest BCUT2D eigenvalue weighted by atomic mass is 9.83. The Hall–Kier alpha value is 0.470. The SMILES string of the molecule is CC(=O)c1c2c(c(C(c3c4c(c(C(=O)O)c5c3SC(C)(C)S5)SC(C)(C)S4)c3c4c(c(C(=O)O)c5c3SC(C)(C)S5)SC(C)(C)S4)c3c1SC(C)(C)S3)SC(C)(C)S2. The Morgan fingerprint density at radius 3 is 0.690 bits per heavy atom. The molecule has 9 rings (SSSR count). The van der Waals surface area contributed by atoms with E-state index in [0.717, 1.165) is 75.4 Å². The van der Waals surface area contributed by atoms with Crippen molar-refractivity contribution in [3.8, 4) is 0 Å². The summed E-state index contributed by atoms with van der Waals surface area (Å²) in [5, 5.41) is 22.1. The maximum atomic E-state index is 13.9. The third-order valence-corrected chi connectivity index (χ3v) is 27.0. The fourth-order valence-electron chi connectivity index (χ4n) is 8.23. The summed E-state index contributed by atoms with van der Waals surface area (Å²) in [7, 11) is 0. The molecule has 0 bridgehead atoms. The number of hydrogen-bond acceptors (Lipinski definition) is 15. The molecule has 6 aliphatic rings. The molecule has 0 fully saturated rings. The Kier molecular flexibility index (Phi) is 10.5. The Labute approximate surface area is 391 Å². The van der Waals surface area contributed by atoms with Gasteiger partial charge in [0.25, 0.3) is 0 Å². The van der Waals surface area contributed by atoms with E-state index >= 15 is 0 Å². The van der Waals surface area contributed by atoms with Crippen molar-refractivity contribution in [3.63, 3.8) is 0 Å². The fraction of sp³-hybridized carbons (Fsp3) is 0.488. The number of ketones is 1. The molecule has 3 aromatic rings. The molecular weight excluding hydrogens is 957 g/mol. The van der Waals surface area contributed by atoms with Crippen molar-refractivity contribution >= 4 is 159 Å². The van der Waals surface area contributed by atoms with Crippen LogP contribution in [0.3, 0.4) is 0 Å². The highest BCUT2D eigenvalue weighted by molar-refractivity contribution is 8.23. The monoisotopic (exact) mass is 998 g/mol. The van der Waals surface area contributed by atoms with E-state index in [1.807, 2.05) is 23.5 Å². The molecular formula is C41H42O5S12. The summed E-state index contributed by atoms with van der Waals surface area (Å²) < 4.78 is -1.82. The molecule has 0 saturated carbocycles. The maximum Gasteiger partial charge on any atom is 0.338 e. The van der Waals surface area contributed by atoms with Crippen LogP contribution in [0.15, 0.2) is 58.7 Å². The highest BCUT2D eigenvalue weighted by Crippen LogP contribution is 2.74. The van der Waals surface area contributed by atoms with Crippen LogP contribution in [0.1, 0.15) is 144 Å².